The molecule has 1 aromatic rings. The van der Waals surface area contributed by atoms with Gasteiger partial charge in [-0.15, -0.1) is 0 Å². The van der Waals surface area contributed by atoms with Crippen LogP contribution in [0.4, 0.5) is 26.3 Å². The standard InChI is InChI=1S/C28H33ClF6N2/c1-8-18(5)25(29)13-12-21(10-3)20(7)17-37(11-4)36-26(19(6)9-2)22-14-23(27(30,31)32)16-24(15-22)28(33,34)35/h10-17,19H,4,8-9H2,1-3,5-7H3/b13-12-,20-17+,21-10+,25-18-,36-26+. The van der Waals surface area contributed by atoms with E-state index in [1.54, 1.807) is 33.0 Å². The minimum absolute atomic E-state index is 0.0742. The van der Waals surface area contributed by atoms with Crippen molar-refractivity contribution in [1.29, 1.82) is 0 Å². The highest BCUT2D eigenvalue weighted by atomic mass is 35.5. The van der Waals surface area contributed by atoms with E-state index >= 15 is 0 Å². The van der Waals surface area contributed by atoms with E-state index in [0.717, 1.165) is 23.1 Å². The van der Waals surface area contributed by atoms with E-state index in [2.05, 4.69) is 11.7 Å². The summed E-state index contributed by atoms with van der Waals surface area (Å²) in [4.78, 5) is 0. The highest BCUT2D eigenvalue weighted by molar-refractivity contribution is 6.31. The molecule has 0 fully saturated rings. The molecule has 1 atom stereocenters. The van der Waals surface area contributed by atoms with Gasteiger partial charge >= 0.3 is 12.4 Å². The van der Waals surface area contributed by atoms with Gasteiger partial charge in [0.05, 0.1) is 16.8 Å². The molecule has 0 spiro atoms. The molecule has 0 aromatic heterocycles. The zero-order chi connectivity index (χ0) is 28.6. The summed E-state index contributed by atoms with van der Waals surface area (Å²) in [5.41, 5.74) is -0.419. The third-order valence-electron chi connectivity index (χ3n) is 5.81. The third-order valence-corrected chi connectivity index (χ3v) is 6.26. The average molecular weight is 547 g/mol. The first-order valence-electron chi connectivity index (χ1n) is 11.8. The van der Waals surface area contributed by atoms with Gasteiger partial charge in [-0.2, -0.15) is 31.4 Å². The third kappa shape index (κ3) is 9.58. The smallest absolute Gasteiger partial charge is 0.248 e. The molecule has 1 aromatic carbocycles. The summed E-state index contributed by atoms with van der Waals surface area (Å²) in [5.74, 6) is -0.442. The Balaban J connectivity index is 3.66. The van der Waals surface area contributed by atoms with Crippen molar-refractivity contribution in [1.82, 2.24) is 5.01 Å². The Morgan fingerprint density at radius 1 is 1.03 bits per heavy atom. The molecule has 0 saturated heterocycles. The van der Waals surface area contributed by atoms with E-state index in [9.17, 15) is 26.3 Å². The fourth-order valence-electron chi connectivity index (χ4n) is 3.19. The number of alkyl halides is 6. The monoisotopic (exact) mass is 546 g/mol. The van der Waals surface area contributed by atoms with Gasteiger partial charge in [-0.3, -0.25) is 0 Å². The lowest BCUT2D eigenvalue weighted by molar-refractivity contribution is -0.143. The lowest BCUT2D eigenvalue weighted by Crippen LogP contribution is -2.19. The van der Waals surface area contributed by atoms with Gasteiger partial charge in [0.15, 0.2) is 0 Å². The zero-order valence-electron chi connectivity index (χ0n) is 21.9. The predicted octanol–water partition coefficient (Wildman–Crippen LogP) is 10.2. The second kappa shape index (κ2) is 13.7. The van der Waals surface area contributed by atoms with Crippen LogP contribution in [-0.4, -0.2) is 10.7 Å². The van der Waals surface area contributed by atoms with Crippen molar-refractivity contribution in [3.63, 3.8) is 0 Å². The Kier molecular flexibility index (Phi) is 12.0. The molecule has 0 amide bonds. The molecule has 0 heterocycles. The summed E-state index contributed by atoms with van der Waals surface area (Å²) < 4.78 is 80.7. The Bertz CT molecular complexity index is 1070. The Morgan fingerprint density at radius 3 is 1.97 bits per heavy atom. The molecule has 0 N–H and O–H groups in total. The van der Waals surface area contributed by atoms with Gasteiger partial charge in [0.2, 0.25) is 0 Å². The maximum atomic E-state index is 13.4. The Hall–Kier alpha value is -2.74. The van der Waals surface area contributed by atoms with Crippen molar-refractivity contribution < 1.29 is 26.3 Å². The second-order valence-corrected chi connectivity index (χ2v) is 8.93. The maximum Gasteiger partial charge on any atom is 0.416 e. The number of hydrogen-bond donors (Lipinski definition) is 0. The molecule has 0 aliphatic carbocycles. The van der Waals surface area contributed by atoms with Crippen LogP contribution in [0, 0.1) is 5.92 Å². The highest BCUT2D eigenvalue weighted by Gasteiger charge is 2.37. The van der Waals surface area contributed by atoms with Crippen LogP contribution in [0.5, 0.6) is 0 Å². The number of nitrogens with zero attached hydrogens (tertiary/aromatic N) is 2. The Morgan fingerprint density at radius 2 is 1.57 bits per heavy atom. The first kappa shape index (κ1) is 32.3. The molecule has 37 heavy (non-hydrogen) atoms. The van der Waals surface area contributed by atoms with Crippen molar-refractivity contribution in [2.45, 2.75) is 66.7 Å². The number of hydrazone groups is 1. The molecule has 1 rings (SSSR count). The van der Waals surface area contributed by atoms with Crippen LogP contribution in [0.25, 0.3) is 0 Å². The SMILES string of the molecule is C=CN(/C=C(C)/C(/C=C\C(Cl)=C(/C)CC)=C/C)/N=C(/c1cc(C(F)(F)F)cc(C(F)(F)F)c1)C(C)CC. The van der Waals surface area contributed by atoms with E-state index in [4.69, 9.17) is 11.6 Å². The molecule has 0 radical (unpaired) electrons. The van der Waals surface area contributed by atoms with E-state index in [1.807, 2.05) is 32.9 Å². The van der Waals surface area contributed by atoms with Crippen molar-refractivity contribution in [2.75, 3.05) is 0 Å². The van der Waals surface area contributed by atoms with Crippen LogP contribution in [-0.2, 0) is 12.4 Å². The van der Waals surface area contributed by atoms with Crippen LogP contribution in [0.3, 0.4) is 0 Å². The minimum Gasteiger partial charge on any atom is -0.248 e. The van der Waals surface area contributed by atoms with Crippen molar-refractivity contribution in [2.24, 2.45) is 11.0 Å². The van der Waals surface area contributed by atoms with E-state index in [-0.39, 0.29) is 17.3 Å². The number of allylic oxidation sites excluding steroid dienone is 7. The minimum atomic E-state index is -4.95. The van der Waals surface area contributed by atoms with Crippen LogP contribution in [0.15, 0.2) is 82.3 Å². The van der Waals surface area contributed by atoms with Gasteiger partial charge in [0.25, 0.3) is 0 Å². The first-order valence-corrected chi connectivity index (χ1v) is 12.1. The fraction of sp³-hybridized carbons (Fsp3) is 0.393. The van der Waals surface area contributed by atoms with E-state index in [0.29, 0.717) is 23.6 Å². The van der Waals surface area contributed by atoms with Crippen molar-refractivity contribution in [3.05, 3.63) is 93.8 Å². The first-order chi connectivity index (χ1) is 17.1. The van der Waals surface area contributed by atoms with Gasteiger partial charge in [-0.1, -0.05) is 56.7 Å². The lowest BCUT2D eigenvalue weighted by Gasteiger charge is -2.20. The molecule has 0 saturated carbocycles. The molecule has 9 heteroatoms. The topological polar surface area (TPSA) is 15.6 Å². The van der Waals surface area contributed by atoms with Crippen LogP contribution < -0.4 is 0 Å². The number of benzene rings is 1. The van der Waals surface area contributed by atoms with Crippen LogP contribution in [0.2, 0.25) is 0 Å². The zero-order valence-corrected chi connectivity index (χ0v) is 22.6. The van der Waals surface area contributed by atoms with Crippen LogP contribution >= 0.6 is 11.6 Å². The highest BCUT2D eigenvalue weighted by Crippen LogP contribution is 2.37. The van der Waals surface area contributed by atoms with Gasteiger partial charge in [0, 0.05) is 23.4 Å². The summed E-state index contributed by atoms with van der Waals surface area (Å²) in [6, 6.07) is 1.50. The van der Waals surface area contributed by atoms with Crippen molar-refractivity contribution >= 4 is 17.3 Å². The van der Waals surface area contributed by atoms with Crippen LogP contribution in [0.1, 0.15) is 71.1 Å². The van der Waals surface area contributed by atoms with Gasteiger partial charge < -0.3 is 0 Å². The molecule has 0 aliphatic heterocycles. The normalized spacial score (nSPS) is 15.6. The largest absolute Gasteiger partial charge is 0.416 e. The van der Waals surface area contributed by atoms with E-state index in [1.165, 1.54) is 11.2 Å². The summed E-state index contributed by atoms with van der Waals surface area (Å²) >= 11 is 6.28. The predicted molar refractivity (Wildman–Crippen MR) is 140 cm³/mol. The Labute approximate surface area is 220 Å². The summed E-state index contributed by atoms with van der Waals surface area (Å²) in [7, 11) is 0. The summed E-state index contributed by atoms with van der Waals surface area (Å²) in [5, 5.41) is 6.31. The van der Waals surface area contributed by atoms with Gasteiger partial charge in [-0.05, 0) is 74.6 Å². The molecule has 204 valence electrons. The summed E-state index contributed by atoms with van der Waals surface area (Å²) in [6.45, 7) is 14.7. The van der Waals surface area contributed by atoms with Crippen molar-refractivity contribution in [3.8, 4) is 0 Å². The summed E-state index contributed by atoms with van der Waals surface area (Å²) in [6.07, 6.45) is -0.324. The average Bonchev–Trinajstić information content (AvgIpc) is 2.84. The number of hydrogen-bond acceptors (Lipinski definition) is 2. The molecule has 0 aliphatic rings. The molecular formula is C28H33ClF6N2. The number of halogens is 7. The number of rotatable bonds is 10. The molecule has 0 bridgehead atoms. The quantitative estimate of drug-likeness (QED) is 0.123. The molecule has 1 unspecified atom stereocenters. The van der Waals surface area contributed by atoms with Gasteiger partial charge in [-0.25, -0.2) is 5.01 Å². The van der Waals surface area contributed by atoms with Gasteiger partial charge in [0.1, 0.15) is 0 Å². The fourth-order valence-corrected chi connectivity index (χ4v) is 3.38. The second-order valence-electron chi connectivity index (χ2n) is 8.52. The molecular weight excluding hydrogens is 514 g/mol. The lowest BCUT2D eigenvalue weighted by atomic mass is 9.93. The van der Waals surface area contributed by atoms with E-state index < -0.39 is 29.4 Å². The maximum absolute atomic E-state index is 13.4. The molecule has 2 nitrogen and oxygen atoms in total.